The minimum Gasteiger partial charge on any atom is -0.348 e. The van der Waals surface area contributed by atoms with Crippen LogP contribution in [0.5, 0.6) is 0 Å². The van der Waals surface area contributed by atoms with Crippen molar-refractivity contribution in [3.05, 3.63) is 45.6 Å². The number of thiophene rings is 1. The molecule has 0 radical (unpaired) electrons. The molecule has 0 saturated carbocycles. The van der Waals surface area contributed by atoms with Crippen molar-refractivity contribution in [1.29, 1.82) is 0 Å². The van der Waals surface area contributed by atoms with Crippen LogP contribution in [-0.2, 0) is 9.59 Å². The second-order valence-corrected chi connectivity index (χ2v) is 8.91. The van der Waals surface area contributed by atoms with Crippen LogP contribution < -0.4 is 10.6 Å². The minimum absolute atomic E-state index is 0.0322. The first-order valence-corrected chi connectivity index (χ1v) is 10.2. The molecule has 25 heavy (non-hydrogen) atoms. The molecular weight excluding hydrogens is 376 g/mol. The van der Waals surface area contributed by atoms with Crippen molar-refractivity contribution in [2.75, 3.05) is 5.32 Å². The van der Waals surface area contributed by atoms with Crippen LogP contribution in [0.15, 0.2) is 40.6 Å². The summed E-state index contributed by atoms with van der Waals surface area (Å²) in [4.78, 5) is 26.9. The number of amides is 2. The maximum Gasteiger partial charge on any atom is 0.238 e. The number of hydrogen-bond acceptors (Lipinski definition) is 4. The van der Waals surface area contributed by atoms with E-state index in [1.807, 2.05) is 23.6 Å². The largest absolute Gasteiger partial charge is 0.348 e. The number of carbonyl (C=O) groups is 2. The van der Waals surface area contributed by atoms with Gasteiger partial charge in [0.2, 0.25) is 11.8 Å². The number of halogens is 1. The van der Waals surface area contributed by atoms with Crippen LogP contribution in [0.1, 0.15) is 31.2 Å². The van der Waals surface area contributed by atoms with Gasteiger partial charge >= 0.3 is 0 Å². The van der Waals surface area contributed by atoms with Gasteiger partial charge in [-0.3, -0.25) is 9.59 Å². The molecule has 0 aliphatic carbocycles. The lowest BCUT2D eigenvalue weighted by atomic mass is 10.0. The van der Waals surface area contributed by atoms with Gasteiger partial charge in [0.1, 0.15) is 0 Å². The van der Waals surface area contributed by atoms with Crippen LogP contribution in [0.4, 0.5) is 5.69 Å². The fourth-order valence-corrected chi connectivity index (χ4v) is 4.90. The SMILES string of the molecule is CC(C)C(NC(=O)CC1Sc2ccc(Cl)cc2NC1=O)c1cccs1. The zero-order valence-electron chi connectivity index (χ0n) is 13.9. The summed E-state index contributed by atoms with van der Waals surface area (Å²) in [6.45, 7) is 4.15. The number of benzene rings is 1. The molecule has 0 saturated heterocycles. The van der Waals surface area contributed by atoms with Gasteiger partial charge in [0.15, 0.2) is 0 Å². The molecule has 2 atom stereocenters. The molecule has 1 aliphatic heterocycles. The molecule has 2 heterocycles. The van der Waals surface area contributed by atoms with E-state index in [1.54, 1.807) is 23.5 Å². The van der Waals surface area contributed by atoms with Gasteiger partial charge in [-0.25, -0.2) is 0 Å². The zero-order valence-corrected chi connectivity index (χ0v) is 16.3. The minimum atomic E-state index is -0.440. The molecule has 4 nitrogen and oxygen atoms in total. The second kappa shape index (κ2) is 7.81. The van der Waals surface area contributed by atoms with E-state index in [0.29, 0.717) is 10.7 Å². The van der Waals surface area contributed by atoms with E-state index < -0.39 is 5.25 Å². The molecule has 0 fully saturated rings. The molecule has 3 rings (SSSR count). The quantitative estimate of drug-likeness (QED) is 0.771. The zero-order chi connectivity index (χ0) is 18.0. The maximum atomic E-state index is 12.5. The fraction of sp³-hybridized carbons (Fsp3) is 0.333. The van der Waals surface area contributed by atoms with E-state index in [4.69, 9.17) is 11.6 Å². The summed E-state index contributed by atoms with van der Waals surface area (Å²) < 4.78 is 0. The molecule has 132 valence electrons. The number of thioether (sulfide) groups is 1. The van der Waals surface area contributed by atoms with Crippen molar-refractivity contribution in [2.45, 2.75) is 36.5 Å². The molecule has 1 aliphatic rings. The van der Waals surface area contributed by atoms with E-state index in [2.05, 4.69) is 24.5 Å². The number of rotatable bonds is 5. The highest BCUT2D eigenvalue weighted by molar-refractivity contribution is 8.01. The van der Waals surface area contributed by atoms with Crippen molar-refractivity contribution in [3.63, 3.8) is 0 Å². The molecule has 1 aromatic heterocycles. The number of anilines is 1. The summed E-state index contributed by atoms with van der Waals surface area (Å²) in [7, 11) is 0. The lowest BCUT2D eigenvalue weighted by Gasteiger charge is -2.26. The van der Waals surface area contributed by atoms with Crippen molar-refractivity contribution >= 4 is 52.2 Å². The van der Waals surface area contributed by atoms with Gasteiger partial charge in [-0.15, -0.1) is 23.1 Å². The average molecular weight is 395 g/mol. The molecule has 2 N–H and O–H groups in total. The number of fused-ring (bicyclic) bond motifs is 1. The van der Waals surface area contributed by atoms with Crippen molar-refractivity contribution in [1.82, 2.24) is 5.32 Å². The second-order valence-electron chi connectivity index (χ2n) is 6.24. The average Bonchev–Trinajstić information content (AvgIpc) is 3.07. The Hall–Kier alpha value is -1.50. The third-order valence-corrected chi connectivity index (χ3v) is 6.43. The normalized spacial score (nSPS) is 17.8. The maximum absolute atomic E-state index is 12.5. The van der Waals surface area contributed by atoms with Crippen molar-refractivity contribution < 1.29 is 9.59 Å². The Morgan fingerprint density at radius 2 is 2.16 bits per heavy atom. The first-order chi connectivity index (χ1) is 11.9. The topological polar surface area (TPSA) is 58.2 Å². The smallest absolute Gasteiger partial charge is 0.238 e. The van der Waals surface area contributed by atoms with Gasteiger partial charge in [-0.1, -0.05) is 31.5 Å². The fourth-order valence-electron chi connectivity index (χ4n) is 2.69. The Balaban J connectivity index is 1.66. The van der Waals surface area contributed by atoms with Crippen LogP contribution in [-0.4, -0.2) is 17.1 Å². The predicted molar refractivity (Wildman–Crippen MR) is 104 cm³/mol. The van der Waals surface area contributed by atoms with E-state index in [0.717, 1.165) is 9.77 Å². The molecule has 1 aromatic carbocycles. The third kappa shape index (κ3) is 4.37. The van der Waals surface area contributed by atoms with E-state index in [1.165, 1.54) is 11.8 Å². The first-order valence-electron chi connectivity index (χ1n) is 8.04. The highest BCUT2D eigenvalue weighted by atomic mass is 35.5. The van der Waals surface area contributed by atoms with Crippen LogP contribution in [0.3, 0.4) is 0 Å². The number of carbonyl (C=O) groups excluding carboxylic acids is 2. The molecule has 2 amide bonds. The Morgan fingerprint density at radius 1 is 1.36 bits per heavy atom. The van der Waals surface area contributed by atoms with Gasteiger partial charge in [-0.05, 0) is 35.6 Å². The Bertz CT molecular complexity index is 777. The van der Waals surface area contributed by atoms with Crippen LogP contribution >= 0.6 is 34.7 Å². The van der Waals surface area contributed by atoms with Crippen LogP contribution in [0.2, 0.25) is 5.02 Å². The summed E-state index contributed by atoms with van der Waals surface area (Å²) in [6, 6.07) is 9.35. The molecular formula is C18H19ClN2O2S2. The Kier molecular flexibility index (Phi) is 5.71. The third-order valence-electron chi connectivity index (χ3n) is 3.96. The summed E-state index contributed by atoms with van der Waals surface area (Å²) in [5.74, 6) is 0.00241. The Morgan fingerprint density at radius 3 is 2.84 bits per heavy atom. The van der Waals surface area contributed by atoms with Crippen LogP contribution in [0.25, 0.3) is 0 Å². The molecule has 7 heteroatoms. The highest BCUT2D eigenvalue weighted by Gasteiger charge is 2.30. The van der Waals surface area contributed by atoms with Gasteiger partial charge in [0.05, 0.1) is 17.0 Å². The summed E-state index contributed by atoms with van der Waals surface area (Å²) in [6.07, 6.45) is 0.146. The van der Waals surface area contributed by atoms with Gasteiger partial charge in [-0.2, -0.15) is 0 Å². The van der Waals surface area contributed by atoms with Crippen LogP contribution in [0, 0.1) is 5.92 Å². The number of hydrogen-bond donors (Lipinski definition) is 2. The molecule has 2 aromatic rings. The van der Waals surface area contributed by atoms with E-state index in [-0.39, 0.29) is 30.2 Å². The summed E-state index contributed by atoms with van der Waals surface area (Å²) >= 11 is 8.99. The number of nitrogens with one attached hydrogen (secondary N) is 2. The lowest BCUT2D eigenvalue weighted by molar-refractivity contribution is -0.124. The summed E-state index contributed by atoms with van der Waals surface area (Å²) in [5.41, 5.74) is 0.706. The van der Waals surface area contributed by atoms with E-state index >= 15 is 0 Å². The standard InChI is InChI=1S/C18H19ClN2O2S2/c1-10(2)17(14-4-3-7-24-14)21-16(22)9-15-18(23)20-12-8-11(19)5-6-13(12)25-15/h3-8,10,15,17H,9H2,1-2H3,(H,20,23)(H,21,22). The van der Waals surface area contributed by atoms with Gasteiger partial charge in [0, 0.05) is 21.2 Å². The van der Waals surface area contributed by atoms with Crippen molar-refractivity contribution in [3.8, 4) is 0 Å². The molecule has 0 bridgehead atoms. The van der Waals surface area contributed by atoms with E-state index in [9.17, 15) is 9.59 Å². The predicted octanol–water partition coefficient (Wildman–Crippen LogP) is 4.72. The lowest BCUT2D eigenvalue weighted by Crippen LogP contribution is -2.37. The van der Waals surface area contributed by atoms with Gasteiger partial charge in [0.25, 0.3) is 0 Å². The first kappa shape index (κ1) is 18.3. The highest BCUT2D eigenvalue weighted by Crippen LogP contribution is 2.38. The monoisotopic (exact) mass is 394 g/mol. The van der Waals surface area contributed by atoms with Crippen molar-refractivity contribution in [2.24, 2.45) is 5.92 Å². The molecule has 0 spiro atoms. The Labute approximate surface area is 160 Å². The molecule has 2 unspecified atom stereocenters. The van der Waals surface area contributed by atoms with Gasteiger partial charge < -0.3 is 10.6 Å². The summed E-state index contributed by atoms with van der Waals surface area (Å²) in [5, 5.41) is 8.05.